The van der Waals surface area contributed by atoms with Crippen LogP contribution in [0.5, 0.6) is 0 Å². The van der Waals surface area contributed by atoms with Crippen LogP contribution in [-0.4, -0.2) is 25.0 Å². The third-order valence-corrected chi connectivity index (χ3v) is 3.97. The van der Waals surface area contributed by atoms with E-state index in [0.29, 0.717) is 5.92 Å². The Morgan fingerprint density at radius 1 is 1.28 bits per heavy atom. The molecule has 5 heteroatoms. The van der Waals surface area contributed by atoms with Crippen molar-refractivity contribution in [3.05, 3.63) is 17.7 Å². The molecule has 1 aliphatic carbocycles. The lowest BCUT2D eigenvalue weighted by Crippen LogP contribution is -2.06. The number of aromatic amines is 1. The zero-order valence-corrected chi connectivity index (χ0v) is 11.0. The average molecular weight is 245 g/mol. The van der Waals surface area contributed by atoms with E-state index in [1.165, 1.54) is 32.1 Å². The highest BCUT2D eigenvalue weighted by molar-refractivity contribution is 5.56. The van der Waals surface area contributed by atoms with E-state index in [1.807, 2.05) is 24.9 Å². The summed E-state index contributed by atoms with van der Waals surface area (Å²) in [6.07, 6.45) is 8.29. The molecule has 2 heterocycles. The van der Waals surface area contributed by atoms with E-state index in [2.05, 4.69) is 20.3 Å². The van der Waals surface area contributed by atoms with Crippen molar-refractivity contribution in [1.82, 2.24) is 25.0 Å². The SMILES string of the molecule is Cc1c(-c2n[nH]c(C3CCCCC3)n2)cnn1C. The van der Waals surface area contributed by atoms with Gasteiger partial charge >= 0.3 is 0 Å². The lowest BCUT2D eigenvalue weighted by molar-refractivity contribution is 0.429. The van der Waals surface area contributed by atoms with Crippen molar-refractivity contribution in [2.24, 2.45) is 7.05 Å². The fraction of sp³-hybridized carbons (Fsp3) is 0.615. The molecule has 0 spiro atoms. The van der Waals surface area contributed by atoms with Crippen LogP contribution in [0.4, 0.5) is 0 Å². The minimum Gasteiger partial charge on any atom is -0.272 e. The summed E-state index contributed by atoms with van der Waals surface area (Å²) >= 11 is 0. The number of H-pyrrole nitrogens is 1. The van der Waals surface area contributed by atoms with Crippen LogP contribution in [0.15, 0.2) is 6.20 Å². The number of nitrogens with one attached hydrogen (secondary N) is 1. The first kappa shape index (κ1) is 11.4. The number of aryl methyl sites for hydroxylation is 1. The molecule has 18 heavy (non-hydrogen) atoms. The maximum absolute atomic E-state index is 4.66. The fourth-order valence-electron chi connectivity index (χ4n) is 2.67. The summed E-state index contributed by atoms with van der Waals surface area (Å²) < 4.78 is 1.85. The summed E-state index contributed by atoms with van der Waals surface area (Å²) in [5.41, 5.74) is 2.13. The fourth-order valence-corrected chi connectivity index (χ4v) is 2.67. The van der Waals surface area contributed by atoms with E-state index < -0.39 is 0 Å². The Morgan fingerprint density at radius 2 is 2.06 bits per heavy atom. The number of hydrogen-bond donors (Lipinski definition) is 1. The minimum atomic E-state index is 0.567. The van der Waals surface area contributed by atoms with Gasteiger partial charge in [-0.1, -0.05) is 19.3 Å². The molecule has 2 aromatic heterocycles. The van der Waals surface area contributed by atoms with Gasteiger partial charge in [-0.05, 0) is 19.8 Å². The second-order valence-electron chi connectivity index (χ2n) is 5.15. The highest BCUT2D eigenvalue weighted by Gasteiger charge is 2.20. The summed E-state index contributed by atoms with van der Waals surface area (Å²) in [6, 6.07) is 0. The van der Waals surface area contributed by atoms with Crippen LogP contribution in [0.1, 0.15) is 49.5 Å². The smallest absolute Gasteiger partial charge is 0.184 e. The zero-order valence-electron chi connectivity index (χ0n) is 11.0. The molecule has 1 saturated carbocycles. The van der Waals surface area contributed by atoms with E-state index >= 15 is 0 Å². The van der Waals surface area contributed by atoms with Gasteiger partial charge in [-0.3, -0.25) is 9.78 Å². The molecule has 0 atom stereocenters. The Labute approximate surface area is 107 Å². The van der Waals surface area contributed by atoms with Gasteiger partial charge in [0.1, 0.15) is 5.82 Å². The number of nitrogens with zero attached hydrogens (tertiary/aromatic N) is 4. The van der Waals surface area contributed by atoms with Crippen molar-refractivity contribution >= 4 is 0 Å². The molecule has 0 unspecified atom stereocenters. The molecule has 0 aliphatic heterocycles. The summed E-state index contributed by atoms with van der Waals surface area (Å²) in [4.78, 5) is 4.66. The van der Waals surface area contributed by atoms with Gasteiger partial charge in [-0.15, -0.1) is 0 Å². The molecule has 0 amide bonds. The van der Waals surface area contributed by atoms with Crippen molar-refractivity contribution in [1.29, 1.82) is 0 Å². The van der Waals surface area contributed by atoms with Gasteiger partial charge in [0.25, 0.3) is 0 Å². The van der Waals surface area contributed by atoms with Crippen LogP contribution >= 0.6 is 0 Å². The second-order valence-corrected chi connectivity index (χ2v) is 5.15. The predicted molar refractivity (Wildman–Crippen MR) is 69.1 cm³/mol. The van der Waals surface area contributed by atoms with Crippen molar-refractivity contribution in [3.63, 3.8) is 0 Å². The van der Waals surface area contributed by atoms with Gasteiger partial charge < -0.3 is 0 Å². The topological polar surface area (TPSA) is 59.4 Å². The molecule has 3 rings (SSSR count). The van der Waals surface area contributed by atoms with E-state index in [4.69, 9.17) is 0 Å². The lowest BCUT2D eigenvalue weighted by atomic mass is 9.89. The van der Waals surface area contributed by atoms with Gasteiger partial charge in [0, 0.05) is 18.7 Å². The molecule has 1 fully saturated rings. The molecule has 1 aliphatic rings. The van der Waals surface area contributed by atoms with Gasteiger partial charge in [0.15, 0.2) is 5.82 Å². The number of hydrogen-bond acceptors (Lipinski definition) is 3. The molecule has 0 radical (unpaired) electrons. The Hall–Kier alpha value is -1.65. The molecule has 0 saturated heterocycles. The Balaban J connectivity index is 1.87. The van der Waals surface area contributed by atoms with E-state index in [1.54, 1.807) is 0 Å². The predicted octanol–water partition coefficient (Wildman–Crippen LogP) is 2.56. The first-order valence-electron chi connectivity index (χ1n) is 6.67. The maximum Gasteiger partial charge on any atom is 0.184 e. The van der Waals surface area contributed by atoms with Crippen LogP contribution in [0.25, 0.3) is 11.4 Å². The molecule has 5 nitrogen and oxygen atoms in total. The Bertz CT molecular complexity index is 533. The second kappa shape index (κ2) is 4.55. The van der Waals surface area contributed by atoms with Crippen molar-refractivity contribution in [2.45, 2.75) is 44.9 Å². The number of aromatic nitrogens is 5. The molecule has 0 aromatic carbocycles. The summed E-state index contributed by atoms with van der Waals surface area (Å²) in [5.74, 6) is 2.39. The maximum atomic E-state index is 4.66. The Kier molecular flexibility index (Phi) is 2.89. The van der Waals surface area contributed by atoms with Crippen LogP contribution < -0.4 is 0 Å². The highest BCUT2D eigenvalue weighted by Crippen LogP contribution is 2.31. The molecule has 2 aromatic rings. The molecule has 1 N–H and O–H groups in total. The van der Waals surface area contributed by atoms with Crippen LogP contribution in [-0.2, 0) is 7.05 Å². The third kappa shape index (κ3) is 1.94. The number of rotatable bonds is 2. The van der Waals surface area contributed by atoms with Gasteiger partial charge in [-0.25, -0.2) is 4.98 Å². The van der Waals surface area contributed by atoms with E-state index in [9.17, 15) is 0 Å². The summed E-state index contributed by atoms with van der Waals surface area (Å²) in [7, 11) is 1.94. The Morgan fingerprint density at radius 3 is 2.72 bits per heavy atom. The van der Waals surface area contributed by atoms with E-state index in [0.717, 1.165) is 22.9 Å². The molecular weight excluding hydrogens is 226 g/mol. The third-order valence-electron chi connectivity index (χ3n) is 3.97. The lowest BCUT2D eigenvalue weighted by Gasteiger charge is -2.18. The van der Waals surface area contributed by atoms with Gasteiger partial charge in [-0.2, -0.15) is 10.2 Å². The first-order chi connectivity index (χ1) is 8.75. The average Bonchev–Trinajstić information content (AvgIpc) is 3.00. The van der Waals surface area contributed by atoms with Crippen molar-refractivity contribution < 1.29 is 0 Å². The monoisotopic (exact) mass is 245 g/mol. The van der Waals surface area contributed by atoms with Crippen LogP contribution in [0.3, 0.4) is 0 Å². The van der Waals surface area contributed by atoms with Gasteiger partial charge in [0.2, 0.25) is 0 Å². The molecular formula is C13H19N5. The van der Waals surface area contributed by atoms with Crippen LogP contribution in [0.2, 0.25) is 0 Å². The van der Waals surface area contributed by atoms with Crippen molar-refractivity contribution in [3.8, 4) is 11.4 Å². The van der Waals surface area contributed by atoms with Crippen molar-refractivity contribution in [2.75, 3.05) is 0 Å². The normalized spacial score (nSPS) is 17.2. The molecule has 96 valence electrons. The summed E-state index contributed by atoms with van der Waals surface area (Å²) in [5, 5.41) is 11.7. The highest BCUT2D eigenvalue weighted by atomic mass is 15.3. The standard InChI is InChI=1S/C13H19N5/c1-9-11(8-14-18(9)2)13-15-12(16-17-13)10-6-4-3-5-7-10/h8,10H,3-7H2,1-2H3,(H,15,16,17). The first-order valence-corrected chi connectivity index (χ1v) is 6.67. The van der Waals surface area contributed by atoms with Gasteiger partial charge in [0.05, 0.1) is 11.8 Å². The van der Waals surface area contributed by atoms with Crippen LogP contribution in [0, 0.1) is 6.92 Å². The minimum absolute atomic E-state index is 0.567. The summed E-state index contributed by atoms with van der Waals surface area (Å²) in [6.45, 7) is 2.04. The zero-order chi connectivity index (χ0) is 12.5. The van der Waals surface area contributed by atoms with E-state index in [-0.39, 0.29) is 0 Å². The largest absolute Gasteiger partial charge is 0.272 e. The molecule has 0 bridgehead atoms. The quantitative estimate of drug-likeness (QED) is 0.884.